The van der Waals surface area contributed by atoms with Crippen LogP contribution >= 0.6 is 0 Å². The molecule has 2 aliphatic heterocycles. The molecule has 37 heavy (non-hydrogen) atoms. The van der Waals surface area contributed by atoms with Gasteiger partial charge in [0.2, 0.25) is 11.8 Å². The van der Waals surface area contributed by atoms with Crippen molar-refractivity contribution in [3.8, 4) is 0 Å². The molecule has 4 rings (SSSR count). The maximum Gasteiger partial charge on any atom is 0.246 e. The summed E-state index contributed by atoms with van der Waals surface area (Å²) in [7, 11) is 0. The van der Waals surface area contributed by atoms with E-state index in [1.165, 1.54) is 50.6 Å². The standard InChI is InChI=1S/C30H52N4O3/c1-22(2)27-18-24(19-30(36)34-15-13-33(14-16-34)28-11-7-8-12-31-28)23(3)17-25(27)20-32-29(35)21-37-26-9-5-4-6-10-26/h17,22,24-28,31H,4-16,18-21H2,1-3H3,(H,32,35)/p+1. The summed E-state index contributed by atoms with van der Waals surface area (Å²) in [6, 6.07) is 0. The lowest BCUT2D eigenvalue weighted by molar-refractivity contribution is -0.717. The van der Waals surface area contributed by atoms with Crippen LogP contribution in [0.3, 0.4) is 0 Å². The number of nitrogens with two attached hydrogens (primary N) is 1. The predicted molar refractivity (Wildman–Crippen MR) is 147 cm³/mol. The highest BCUT2D eigenvalue weighted by molar-refractivity contribution is 5.77. The van der Waals surface area contributed by atoms with E-state index in [1.807, 2.05) is 0 Å². The summed E-state index contributed by atoms with van der Waals surface area (Å²) in [6.07, 6.45) is 14.7. The number of ether oxygens (including phenoxy) is 1. The SMILES string of the molecule is CC1=CC(CNC(=O)COC2CCCCC2)C(C(C)C)CC1CC(=O)N1CCN(C2CCCC[NH2+]2)CC1. The molecule has 210 valence electrons. The van der Waals surface area contributed by atoms with E-state index in [0.29, 0.717) is 48.7 Å². The number of nitrogens with one attached hydrogen (secondary N) is 1. The second kappa shape index (κ2) is 14.1. The molecule has 3 N–H and O–H groups in total. The summed E-state index contributed by atoms with van der Waals surface area (Å²) < 4.78 is 5.87. The number of allylic oxidation sites excluding steroid dienone is 1. The van der Waals surface area contributed by atoms with Crippen LogP contribution in [0, 0.1) is 23.7 Å². The van der Waals surface area contributed by atoms with E-state index >= 15 is 0 Å². The Bertz CT molecular complexity index is 765. The minimum atomic E-state index is 0.00130. The third-order valence-electron chi connectivity index (χ3n) is 9.57. The zero-order valence-electron chi connectivity index (χ0n) is 23.8. The molecule has 0 aromatic rings. The average molecular weight is 518 g/mol. The van der Waals surface area contributed by atoms with Crippen LogP contribution in [0.15, 0.2) is 11.6 Å². The van der Waals surface area contributed by atoms with Gasteiger partial charge >= 0.3 is 0 Å². The maximum atomic E-state index is 13.3. The van der Waals surface area contributed by atoms with Gasteiger partial charge in [0.25, 0.3) is 0 Å². The van der Waals surface area contributed by atoms with Crippen molar-refractivity contribution in [3.63, 3.8) is 0 Å². The Labute approximate surface area is 225 Å². The molecule has 2 aliphatic carbocycles. The van der Waals surface area contributed by atoms with Crippen LogP contribution < -0.4 is 10.6 Å². The van der Waals surface area contributed by atoms with E-state index < -0.39 is 0 Å². The van der Waals surface area contributed by atoms with Gasteiger partial charge in [0.1, 0.15) is 12.8 Å². The quantitative estimate of drug-likeness (QED) is 0.461. The molecule has 1 saturated carbocycles. The fourth-order valence-corrected chi connectivity index (χ4v) is 7.12. The third-order valence-corrected chi connectivity index (χ3v) is 9.57. The number of piperidine rings is 1. The summed E-state index contributed by atoms with van der Waals surface area (Å²) in [5, 5.41) is 5.64. The molecule has 4 aliphatic rings. The third kappa shape index (κ3) is 8.27. The second-order valence-corrected chi connectivity index (χ2v) is 12.5. The van der Waals surface area contributed by atoms with Gasteiger partial charge in [0, 0.05) is 45.6 Å². The first-order chi connectivity index (χ1) is 17.9. The van der Waals surface area contributed by atoms with Gasteiger partial charge in [0.05, 0.1) is 12.6 Å². The van der Waals surface area contributed by atoms with Crippen LogP contribution in [0.2, 0.25) is 0 Å². The first kappa shape index (κ1) is 28.6. The Morgan fingerprint density at radius 1 is 1.05 bits per heavy atom. The van der Waals surface area contributed by atoms with Crippen LogP contribution in [-0.2, 0) is 14.3 Å². The second-order valence-electron chi connectivity index (χ2n) is 12.5. The van der Waals surface area contributed by atoms with Gasteiger partial charge in [-0.1, -0.05) is 44.8 Å². The van der Waals surface area contributed by atoms with Crippen molar-refractivity contribution in [1.82, 2.24) is 15.1 Å². The van der Waals surface area contributed by atoms with Crippen LogP contribution in [0.4, 0.5) is 0 Å². The number of hydrogen-bond donors (Lipinski definition) is 2. The minimum Gasteiger partial charge on any atom is -0.368 e. The van der Waals surface area contributed by atoms with Crippen molar-refractivity contribution in [3.05, 3.63) is 11.6 Å². The van der Waals surface area contributed by atoms with Gasteiger partial charge in [-0.15, -0.1) is 0 Å². The number of carbonyl (C=O) groups is 2. The monoisotopic (exact) mass is 517 g/mol. The van der Waals surface area contributed by atoms with E-state index in [0.717, 1.165) is 45.4 Å². The van der Waals surface area contributed by atoms with Gasteiger partial charge in [-0.2, -0.15) is 0 Å². The zero-order valence-corrected chi connectivity index (χ0v) is 23.8. The number of piperazine rings is 1. The lowest BCUT2D eigenvalue weighted by Gasteiger charge is -2.40. The molecule has 4 unspecified atom stereocenters. The van der Waals surface area contributed by atoms with Crippen molar-refractivity contribution >= 4 is 11.8 Å². The summed E-state index contributed by atoms with van der Waals surface area (Å²) in [5.74, 6) is 1.93. The minimum absolute atomic E-state index is 0.00130. The highest BCUT2D eigenvalue weighted by Crippen LogP contribution is 2.39. The van der Waals surface area contributed by atoms with E-state index in [2.05, 4.69) is 47.3 Å². The van der Waals surface area contributed by atoms with Crippen molar-refractivity contribution in [2.75, 3.05) is 45.9 Å². The van der Waals surface area contributed by atoms with Crippen molar-refractivity contribution in [2.45, 2.75) is 97.2 Å². The lowest BCUT2D eigenvalue weighted by Crippen LogP contribution is -2.95. The first-order valence-corrected chi connectivity index (χ1v) is 15.3. The fourth-order valence-electron chi connectivity index (χ4n) is 7.12. The maximum absolute atomic E-state index is 13.3. The molecule has 0 aromatic carbocycles. The number of quaternary nitrogens is 1. The van der Waals surface area contributed by atoms with Gasteiger partial charge < -0.3 is 20.3 Å². The molecule has 7 heteroatoms. The smallest absolute Gasteiger partial charge is 0.246 e. The largest absolute Gasteiger partial charge is 0.368 e. The molecule has 2 heterocycles. The summed E-state index contributed by atoms with van der Waals surface area (Å²) in [6.45, 7) is 12.6. The van der Waals surface area contributed by atoms with Crippen LogP contribution in [-0.4, -0.2) is 79.8 Å². The Morgan fingerprint density at radius 2 is 1.78 bits per heavy atom. The number of amides is 2. The Hall–Kier alpha value is -1.44. The number of nitrogens with zero attached hydrogens (tertiary/aromatic N) is 2. The van der Waals surface area contributed by atoms with E-state index in [4.69, 9.17) is 4.74 Å². The van der Waals surface area contributed by atoms with Gasteiger partial charge in [-0.25, -0.2) is 0 Å². The number of rotatable bonds is 9. The van der Waals surface area contributed by atoms with Gasteiger partial charge in [-0.05, 0) is 62.7 Å². The molecule has 0 bridgehead atoms. The van der Waals surface area contributed by atoms with Gasteiger partial charge in [0.15, 0.2) is 0 Å². The van der Waals surface area contributed by atoms with Gasteiger partial charge in [-0.3, -0.25) is 14.5 Å². The highest BCUT2D eigenvalue weighted by atomic mass is 16.5. The molecule has 2 amide bonds. The van der Waals surface area contributed by atoms with Crippen molar-refractivity contribution in [2.24, 2.45) is 23.7 Å². The number of hydrogen-bond acceptors (Lipinski definition) is 4. The molecular weight excluding hydrogens is 464 g/mol. The van der Waals surface area contributed by atoms with Crippen molar-refractivity contribution < 1.29 is 19.6 Å². The summed E-state index contributed by atoms with van der Waals surface area (Å²) in [4.78, 5) is 30.4. The Morgan fingerprint density at radius 3 is 2.46 bits per heavy atom. The van der Waals surface area contributed by atoms with E-state index in [1.54, 1.807) is 0 Å². The lowest BCUT2D eigenvalue weighted by atomic mass is 9.69. The highest BCUT2D eigenvalue weighted by Gasteiger charge is 2.35. The fraction of sp³-hybridized carbons (Fsp3) is 0.867. The predicted octanol–water partition coefficient (Wildman–Crippen LogP) is 2.91. The number of carbonyl (C=O) groups excluding carboxylic acids is 2. The van der Waals surface area contributed by atoms with E-state index in [9.17, 15) is 9.59 Å². The molecule has 7 nitrogen and oxygen atoms in total. The first-order valence-electron chi connectivity index (χ1n) is 15.3. The normalized spacial score (nSPS) is 30.3. The summed E-state index contributed by atoms with van der Waals surface area (Å²) >= 11 is 0. The average Bonchev–Trinajstić information content (AvgIpc) is 2.93. The zero-order chi connectivity index (χ0) is 26.2. The molecule has 4 atom stereocenters. The molecule has 3 fully saturated rings. The summed E-state index contributed by atoms with van der Waals surface area (Å²) in [5.41, 5.74) is 1.32. The molecule has 2 saturated heterocycles. The van der Waals surface area contributed by atoms with Crippen molar-refractivity contribution in [1.29, 1.82) is 0 Å². The van der Waals surface area contributed by atoms with Crippen LogP contribution in [0.5, 0.6) is 0 Å². The van der Waals surface area contributed by atoms with Crippen LogP contribution in [0.25, 0.3) is 0 Å². The van der Waals surface area contributed by atoms with E-state index in [-0.39, 0.29) is 18.6 Å². The molecular formula is C30H53N4O3+. The van der Waals surface area contributed by atoms with Crippen LogP contribution in [0.1, 0.15) is 85.0 Å². The Balaban J connectivity index is 1.23. The molecule has 0 aromatic heterocycles. The molecule has 0 radical (unpaired) electrons. The Kier molecular flexibility index (Phi) is 10.9. The topological polar surface area (TPSA) is 78.5 Å². The molecule has 0 spiro atoms.